The molecule has 128 valence electrons. The fourth-order valence-electron chi connectivity index (χ4n) is 2.99. The van der Waals surface area contributed by atoms with Gasteiger partial charge < -0.3 is 5.32 Å². The quantitative estimate of drug-likeness (QED) is 0.759. The average Bonchev–Trinajstić information content (AvgIpc) is 2.65. The van der Waals surface area contributed by atoms with E-state index in [1.54, 1.807) is 18.6 Å². The maximum Gasteiger partial charge on any atom is 0.253 e. The summed E-state index contributed by atoms with van der Waals surface area (Å²) < 4.78 is 0. The molecule has 4 heteroatoms. The van der Waals surface area contributed by atoms with Gasteiger partial charge in [-0.2, -0.15) is 0 Å². The number of hydrogen-bond acceptors (Lipinski definition) is 3. The Balaban J connectivity index is 1.99. The minimum atomic E-state index is -0.0921. The molecular formula is C21H23N3O. The van der Waals surface area contributed by atoms with Crippen molar-refractivity contribution in [2.75, 3.05) is 0 Å². The van der Waals surface area contributed by atoms with Crippen molar-refractivity contribution in [1.82, 2.24) is 15.3 Å². The number of nitrogens with zero attached hydrogens (tertiary/aromatic N) is 2. The van der Waals surface area contributed by atoms with Gasteiger partial charge in [-0.05, 0) is 59.4 Å². The van der Waals surface area contributed by atoms with Crippen molar-refractivity contribution >= 4 is 16.8 Å². The molecule has 0 spiro atoms. The molecule has 0 aliphatic heterocycles. The minimum Gasteiger partial charge on any atom is -0.348 e. The van der Waals surface area contributed by atoms with Gasteiger partial charge in [0, 0.05) is 30.5 Å². The van der Waals surface area contributed by atoms with Crippen molar-refractivity contribution in [3.63, 3.8) is 0 Å². The van der Waals surface area contributed by atoms with Crippen LogP contribution in [0.3, 0.4) is 0 Å². The molecule has 0 aliphatic rings. The summed E-state index contributed by atoms with van der Waals surface area (Å²) >= 11 is 0. The Morgan fingerprint density at radius 2 is 1.84 bits per heavy atom. The Hall–Kier alpha value is -2.75. The van der Waals surface area contributed by atoms with Crippen LogP contribution >= 0.6 is 0 Å². The van der Waals surface area contributed by atoms with E-state index in [9.17, 15) is 4.79 Å². The third-order valence-corrected chi connectivity index (χ3v) is 4.42. The van der Waals surface area contributed by atoms with Crippen LogP contribution in [0, 0.1) is 0 Å². The highest BCUT2D eigenvalue weighted by Gasteiger charge is 2.15. The minimum absolute atomic E-state index is 0.0921. The Kier molecular flexibility index (Phi) is 5.08. The van der Waals surface area contributed by atoms with E-state index in [1.165, 1.54) is 5.56 Å². The first kappa shape index (κ1) is 17.1. The van der Waals surface area contributed by atoms with Gasteiger partial charge in [0.05, 0.1) is 11.1 Å². The highest BCUT2D eigenvalue weighted by Crippen LogP contribution is 2.27. The third-order valence-electron chi connectivity index (χ3n) is 4.42. The molecule has 3 rings (SSSR count). The van der Waals surface area contributed by atoms with Crippen LogP contribution < -0.4 is 5.32 Å². The van der Waals surface area contributed by atoms with E-state index in [0.717, 1.165) is 28.5 Å². The maximum atomic E-state index is 12.8. The molecule has 1 N–H and O–H groups in total. The summed E-state index contributed by atoms with van der Waals surface area (Å²) in [4.78, 5) is 21.3. The molecular weight excluding hydrogens is 310 g/mol. The van der Waals surface area contributed by atoms with E-state index in [0.29, 0.717) is 18.0 Å². The van der Waals surface area contributed by atoms with Gasteiger partial charge in [0.2, 0.25) is 0 Å². The van der Waals surface area contributed by atoms with Gasteiger partial charge in [-0.3, -0.25) is 14.8 Å². The second kappa shape index (κ2) is 7.43. The van der Waals surface area contributed by atoms with Gasteiger partial charge in [-0.1, -0.05) is 20.8 Å². The number of pyridine rings is 2. The van der Waals surface area contributed by atoms with E-state index < -0.39 is 0 Å². The maximum absolute atomic E-state index is 12.8. The van der Waals surface area contributed by atoms with Crippen LogP contribution in [-0.2, 0) is 13.0 Å². The molecule has 0 unspecified atom stereocenters. The van der Waals surface area contributed by atoms with E-state index in [2.05, 4.69) is 42.1 Å². The number of hydrogen-bond donors (Lipinski definition) is 1. The Morgan fingerprint density at radius 3 is 2.52 bits per heavy atom. The number of nitrogens with one attached hydrogen (secondary N) is 1. The number of carbonyl (C=O) groups excluding carboxylic acids is 1. The number of rotatable bonds is 5. The third kappa shape index (κ3) is 3.68. The van der Waals surface area contributed by atoms with Crippen LogP contribution in [0.25, 0.3) is 10.9 Å². The van der Waals surface area contributed by atoms with E-state index >= 15 is 0 Å². The predicted octanol–water partition coefficient (Wildman–Crippen LogP) is 4.25. The van der Waals surface area contributed by atoms with E-state index in [4.69, 9.17) is 0 Å². The van der Waals surface area contributed by atoms with Gasteiger partial charge in [-0.15, -0.1) is 0 Å². The summed E-state index contributed by atoms with van der Waals surface area (Å²) in [5.41, 5.74) is 4.82. The van der Waals surface area contributed by atoms with Gasteiger partial charge in [0.25, 0.3) is 5.91 Å². The lowest BCUT2D eigenvalue weighted by Crippen LogP contribution is -2.23. The molecule has 0 bridgehead atoms. The second-order valence-corrected chi connectivity index (χ2v) is 6.49. The molecule has 25 heavy (non-hydrogen) atoms. The number of fused-ring (bicyclic) bond motifs is 1. The zero-order valence-corrected chi connectivity index (χ0v) is 14.9. The Bertz CT molecular complexity index is 888. The lowest BCUT2D eigenvalue weighted by atomic mass is 9.94. The summed E-state index contributed by atoms with van der Waals surface area (Å²) in [6, 6.07) is 9.97. The summed E-state index contributed by atoms with van der Waals surface area (Å²) in [6.07, 6.45) is 6.13. The van der Waals surface area contributed by atoms with Crippen LogP contribution in [0.1, 0.15) is 53.7 Å². The van der Waals surface area contributed by atoms with Crippen LogP contribution in [0.5, 0.6) is 0 Å². The van der Waals surface area contributed by atoms with Crippen molar-refractivity contribution in [2.45, 2.75) is 39.7 Å². The fourth-order valence-corrected chi connectivity index (χ4v) is 2.99. The predicted molar refractivity (Wildman–Crippen MR) is 101 cm³/mol. The highest BCUT2D eigenvalue weighted by molar-refractivity contribution is 6.06. The average molecular weight is 333 g/mol. The molecule has 0 atom stereocenters. The summed E-state index contributed by atoms with van der Waals surface area (Å²) in [6.45, 7) is 6.90. The number of aryl methyl sites for hydroxylation is 1. The monoisotopic (exact) mass is 333 g/mol. The van der Waals surface area contributed by atoms with Crippen LogP contribution in [0.2, 0.25) is 0 Å². The van der Waals surface area contributed by atoms with Crippen molar-refractivity contribution < 1.29 is 4.79 Å². The van der Waals surface area contributed by atoms with Gasteiger partial charge in [0.1, 0.15) is 0 Å². The molecule has 0 saturated carbocycles. The molecule has 2 aromatic heterocycles. The van der Waals surface area contributed by atoms with Gasteiger partial charge in [-0.25, -0.2) is 0 Å². The first-order chi connectivity index (χ1) is 12.1. The normalized spacial score (nSPS) is 11.0. The zero-order valence-electron chi connectivity index (χ0n) is 14.9. The topological polar surface area (TPSA) is 54.9 Å². The Labute approximate surface area is 148 Å². The summed E-state index contributed by atoms with van der Waals surface area (Å²) in [5, 5.41) is 4.08. The van der Waals surface area contributed by atoms with Gasteiger partial charge in [0.15, 0.2) is 0 Å². The van der Waals surface area contributed by atoms with Crippen molar-refractivity contribution in [3.05, 3.63) is 71.2 Å². The number of amides is 1. The van der Waals surface area contributed by atoms with Crippen LogP contribution in [-0.4, -0.2) is 15.9 Å². The number of aromatic nitrogens is 2. The molecule has 4 nitrogen and oxygen atoms in total. The van der Waals surface area contributed by atoms with Gasteiger partial charge >= 0.3 is 0 Å². The second-order valence-electron chi connectivity index (χ2n) is 6.49. The molecule has 2 heterocycles. The highest BCUT2D eigenvalue weighted by atomic mass is 16.1. The lowest BCUT2D eigenvalue weighted by molar-refractivity contribution is 0.0952. The standard InChI is InChI=1S/C21H23N3O/c1-4-15-11-18-17(14(2)3)7-10-23-20(18)19(12-15)21(25)24-13-16-5-8-22-9-6-16/h5-12,14H,4,13H2,1-3H3,(H,24,25). The molecule has 0 radical (unpaired) electrons. The molecule has 3 aromatic rings. The first-order valence-corrected chi connectivity index (χ1v) is 8.68. The zero-order chi connectivity index (χ0) is 17.8. The summed E-state index contributed by atoms with van der Waals surface area (Å²) in [5.74, 6) is 0.288. The summed E-state index contributed by atoms with van der Waals surface area (Å²) in [7, 11) is 0. The molecule has 0 fully saturated rings. The SMILES string of the molecule is CCc1cc(C(=O)NCc2ccncc2)c2nccc(C(C)C)c2c1. The van der Waals surface area contributed by atoms with Crippen molar-refractivity contribution in [2.24, 2.45) is 0 Å². The van der Waals surface area contributed by atoms with Crippen molar-refractivity contribution in [1.29, 1.82) is 0 Å². The first-order valence-electron chi connectivity index (χ1n) is 8.68. The fraction of sp³-hybridized carbons (Fsp3) is 0.286. The molecule has 1 aromatic carbocycles. The van der Waals surface area contributed by atoms with E-state index in [1.807, 2.05) is 24.3 Å². The molecule has 0 aliphatic carbocycles. The van der Waals surface area contributed by atoms with Crippen LogP contribution in [0.15, 0.2) is 48.9 Å². The molecule has 0 saturated heterocycles. The van der Waals surface area contributed by atoms with Crippen molar-refractivity contribution in [3.8, 4) is 0 Å². The van der Waals surface area contributed by atoms with Crippen LogP contribution in [0.4, 0.5) is 0 Å². The number of benzene rings is 1. The van der Waals surface area contributed by atoms with E-state index in [-0.39, 0.29) is 5.91 Å². The lowest BCUT2D eigenvalue weighted by Gasteiger charge is -2.14. The smallest absolute Gasteiger partial charge is 0.253 e. The Morgan fingerprint density at radius 1 is 1.08 bits per heavy atom. The largest absolute Gasteiger partial charge is 0.348 e. The molecule has 1 amide bonds. The number of carbonyl (C=O) groups is 1.